The molecule has 1 aromatic carbocycles. The Bertz CT molecular complexity index is 806. The highest BCUT2D eigenvalue weighted by atomic mass is 32.1. The van der Waals surface area contributed by atoms with E-state index < -0.39 is 0 Å². The molecule has 0 spiro atoms. The maximum Gasteiger partial charge on any atom is 0.271 e. The number of thiazole rings is 1. The van der Waals surface area contributed by atoms with Crippen molar-refractivity contribution in [1.82, 2.24) is 10.3 Å². The van der Waals surface area contributed by atoms with E-state index in [9.17, 15) is 4.79 Å². The lowest BCUT2D eigenvalue weighted by molar-refractivity contribution is 0.0946. The second kappa shape index (κ2) is 6.79. The van der Waals surface area contributed by atoms with Crippen LogP contribution in [0.3, 0.4) is 0 Å². The molecule has 2 aromatic heterocycles. The quantitative estimate of drug-likeness (QED) is 0.774. The van der Waals surface area contributed by atoms with Gasteiger partial charge in [-0.25, -0.2) is 4.98 Å². The highest BCUT2D eigenvalue weighted by molar-refractivity contribution is 7.09. The minimum Gasteiger partial charge on any atom is -0.466 e. The van der Waals surface area contributed by atoms with Crippen molar-refractivity contribution in [2.75, 3.05) is 0 Å². The van der Waals surface area contributed by atoms with E-state index in [2.05, 4.69) is 22.4 Å². The molecule has 1 amide bonds. The number of aryl methyl sites for hydroxylation is 2. The highest BCUT2D eigenvalue weighted by Crippen LogP contribution is 2.16. The topological polar surface area (TPSA) is 55.1 Å². The number of nitrogens with one attached hydrogen (secondary N) is 1. The molecule has 3 rings (SSSR count). The van der Waals surface area contributed by atoms with Crippen molar-refractivity contribution in [3.05, 3.63) is 75.1 Å². The number of nitrogens with zero attached hydrogens (tertiary/aromatic N) is 1. The summed E-state index contributed by atoms with van der Waals surface area (Å²) in [6, 6.07) is 12.1. The molecule has 4 nitrogen and oxygen atoms in total. The summed E-state index contributed by atoms with van der Waals surface area (Å²) in [6.07, 6.45) is 0.749. The van der Waals surface area contributed by atoms with Crippen LogP contribution < -0.4 is 5.32 Å². The van der Waals surface area contributed by atoms with Crippen LogP contribution in [0.5, 0.6) is 0 Å². The number of rotatable bonds is 5. The van der Waals surface area contributed by atoms with Gasteiger partial charge >= 0.3 is 0 Å². The molecule has 0 aliphatic rings. The second-order valence-corrected chi connectivity index (χ2v) is 6.35. The summed E-state index contributed by atoms with van der Waals surface area (Å²) in [6.45, 7) is 4.25. The van der Waals surface area contributed by atoms with E-state index in [4.69, 9.17) is 4.42 Å². The summed E-state index contributed by atoms with van der Waals surface area (Å²) < 4.78 is 5.46. The first kappa shape index (κ1) is 15.5. The molecule has 0 aliphatic carbocycles. The summed E-state index contributed by atoms with van der Waals surface area (Å²) in [7, 11) is 0. The number of benzene rings is 1. The Balaban J connectivity index is 1.61. The Hall–Kier alpha value is -2.40. The van der Waals surface area contributed by atoms with E-state index in [-0.39, 0.29) is 5.91 Å². The van der Waals surface area contributed by atoms with Crippen LogP contribution in [-0.4, -0.2) is 10.9 Å². The normalized spacial score (nSPS) is 10.7. The maximum absolute atomic E-state index is 12.2. The third kappa shape index (κ3) is 3.87. The van der Waals surface area contributed by atoms with Crippen molar-refractivity contribution in [2.45, 2.75) is 26.8 Å². The Morgan fingerprint density at radius 3 is 2.74 bits per heavy atom. The van der Waals surface area contributed by atoms with Crippen molar-refractivity contribution in [2.24, 2.45) is 0 Å². The standard InChI is InChI=1S/C18H18N2O2S/c1-12-8-15(13(2)22-12)10-19-18(21)16-11-23-17(20-16)9-14-6-4-3-5-7-14/h3-8,11H,9-10H2,1-2H3,(H,19,21). The first-order chi connectivity index (χ1) is 11.1. The third-order valence-electron chi connectivity index (χ3n) is 3.57. The number of hydrogen-bond acceptors (Lipinski definition) is 4. The molecule has 0 radical (unpaired) electrons. The van der Waals surface area contributed by atoms with Gasteiger partial charge < -0.3 is 9.73 Å². The average molecular weight is 326 g/mol. The van der Waals surface area contributed by atoms with E-state index in [0.717, 1.165) is 28.5 Å². The largest absolute Gasteiger partial charge is 0.466 e. The van der Waals surface area contributed by atoms with Crippen LogP contribution in [0.1, 0.15) is 38.1 Å². The van der Waals surface area contributed by atoms with Gasteiger partial charge in [-0.05, 0) is 25.5 Å². The molecule has 3 aromatic rings. The lowest BCUT2D eigenvalue weighted by atomic mass is 10.2. The van der Waals surface area contributed by atoms with Crippen LogP contribution >= 0.6 is 11.3 Å². The van der Waals surface area contributed by atoms with Crippen molar-refractivity contribution < 1.29 is 9.21 Å². The molecule has 118 valence electrons. The van der Waals surface area contributed by atoms with Gasteiger partial charge in [0.15, 0.2) is 0 Å². The zero-order valence-corrected chi connectivity index (χ0v) is 13.9. The van der Waals surface area contributed by atoms with Gasteiger partial charge in [0.25, 0.3) is 5.91 Å². The molecule has 0 saturated heterocycles. The highest BCUT2D eigenvalue weighted by Gasteiger charge is 2.12. The molecular weight excluding hydrogens is 308 g/mol. The molecule has 23 heavy (non-hydrogen) atoms. The summed E-state index contributed by atoms with van der Waals surface area (Å²) in [5, 5.41) is 5.64. The number of aromatic nitrogens is 1. The number of carbonyl (C=O) groups excluding carboxylic acids is 1. The van der Waals surface area contributed by atoms with E-state index in [0.29, 0.717) is 12.2 Å². The molecule has 1 N–H and O–H groups in total. The van der Waals surface area contributed by atoms with Gasteiger partial charge in [-0.1, -0.05) is 30.3 Å². The molecule has 2 heterocycles. The SMILES string of the molecule is Cc1cc(CNC(=O)c2csc(Cc3ccccc3)n2)c(C)o1. The summed E-state index contributed by atoms with van der Waals surface area (Å²) in [5.41, 5.74) is 2.66. The van der Waals surface area contributed by atoms with Crippen LogP contribution in [0.4, 0.5) is 0 Å². The Morgan fingerprint density at radius 2 is 2.04 bits per heavy atom. The molecule has 0 aliphatic heterocycles. The van der Waals surface area contributed by atoms with Gasteiger partial charge in [0.05, 0.1) is 5.01 Å². The summed E-state index contributed by atoms with van der Waals surface area (Å²) in [4.78, 5) is 16.6. The fourth-order valence-corrected chi connectivity index (χ4v) is 3.20. The predicted octanol–water partition coefficient (Wildman–Crippen LogP) is 3.87. The van der Waals surface area contributed by atoms with Crippen LogP contribution in [0.25, 0.3) is 0 Å². The van der Waals surface area contributed by atoms with Crippen molar-refractivity contribution >= 4 is 17.2 Å². The number of furan rings is 1. The zero-order chi connectivity index (χ0) is 16.2. The van der Waals surface area contributed by atoms with Gasteiger partial charge in [-0.3, -0.25) is 4.79 Å². The zero-order valence-electron chi connectivity index (χ0n) is 13.1. The smallest absolute Gasteiger partial charge is 0.271 e. The molecule has 5 heteroatoms. The van der Waals surface area contributed by atoms with Gasteiger partial charge in [-0.2, -0.15) is 0 Å². The Labute approximate surface area is 139 Å². The van der Waals surface area contributed by atoms with Crippen LogP contribution in [-0.2, 0) is 13.0 Å². The summed E-state index contributed by atoms with van der Waals surface area (Å²) in [5.74, 6) is 1.54. The minimum atomic E-state index is -0.154. The van der Waals surface area contributed by atoms with E-state index in [1.807, 2.05) is 38.1 Å². The minimum absolute atomic E-state index is 0.154. The lowest BCUT2D eigenvalue weighted by Crippen LogP contribution is -2.23. The fraction of sp³-hybridized carbons (Fsp3) is 0.222. The molecule has 0 bridgehead atoms. The third-order valence-corrected chi connectivity index (χ3v) is 4.41. The van der Waals surface area contributed by atoms with Gasteiger partial charge in [0, 0.05) is 23.9 Å². The van der Waals surface area contributed by atoms with Crippen molar-refractivity contribution in [3.8, 4) is 0 Å². The van der Waals surface area contributed by atoms with Gasteiger partial charge in [-0.15, -0.1) is 11.3 Å². The van der Waals surface area contributed by atoms with E-state index in [1.54, 1.807) is 5.38 Å². The predicted molar refractivity (Wildman–Crippen MR) is 90.7 cm³/mol. The summed E-state index contributed by atoms with van der Waals surface area (Å²) >= 11 is 1.51. The van der Waals surface area contributed by atoms with Gasteiger partial charge in [0.2, 0.25) is 0 Å². The number of amides is 1. The first-order valence-corrected chi connectivity index (χ1v) is 8.32. The molecular formula is C18H18N2O2S. The maximum atomic E-state index is 12.2. The van der Waals surface area contributed by atoms with Gasteiger partial charge in [0.1, 0.15) is 17.2 Å². The van der Waals surface area contributed by atoms with Crippen LogP contribution in [0.2, 0.25) is 0 Å². The fourth-order valence-electron chi connectivity index (χ4n) is 2.39. The average Bonchev–Trinajstić information content (AvgIpc) is 3.12. The van der Waals surface area contributed by atoms with Crippen molar-refractivity contribution in [1.29, 1.82) is 0 Å². The monoisotopic (exact) mass is 326 g/mol. The number of hydrogen-bond donors (Lipinski definition) is 1. The Kier molecular flexibility index (Phi) is 4.57. The first-order valence-electron chi connectivity index (χ1n) is 7.44. The molecule has 0 unspecified atom stereocenters. The van der Waals surface area contributed by atoms with Crippen LogP contribution in [0.15, 0.2) is 46.2 Å². The van der Waals surface area contributed by atoms with Crippen LogP contribution in [0, 0.1) is 13.8 Å². The second-order valence-electron chi connectivity index (χ2n) is 5.41. The molecule has 0 saturated carbocycles. The number of carbonyl (C=O) groups is 1. The molecule has 0 fully saturated rings. The lowest BCUT2D eigenvalue weighted by Gasteiger charge is -2.01. The Morgan fingerprint density at radius 1 is 1.26 bits per heavy atom. The van der Waals surface area contributed by atoms with E-state index >= 15 is 0 Å². The van der Waals surface area contributed by atoms with E-state index in [1.165, 1.54) is 16.9 Å². The molecule has 0 atom stereocenters. The van der Waals surface area contributed by atoms with Crippen molar-refractivity contribution in [3.63, 3.8) is 0 Å².